The van der Waals surface area contributed by atoms with E-state index in [0.29, 0.717) is 5.88 Å². The lowest BCUT2D eigenvalue weighted by molar-refractivity contribution is 0.387. The lowest BCUT2D eigenvalue weighted by atomic mass is 10.1. The molecule has 2 heterocycles. The molecule has 1 unspecified atom stereocenters. The van der Waals surface area contributed by atoms with Gasteiger partial charge in [0, 0.05) is 31.2 Å². The molecule has 0 radical (unpaired) electrons. The highest BCUT2D eigenvalue weighted by atomic mass is 16.5. The second-order valence-electron chi connectivity index (χ2n) is 3.72. The first-order valence-corrected chi connectivity index (χ1v) is 5.41. The minimum atomic E-state index is -0.0290. The van der Waals surface area contributed by atoms with E-state index in [-0.39, 0.29) is 6.04 Å². The number of hydrogen-bond donors (Lipinski definition) is 1. The van der Waals surface area contributed by atoms with Crippen molar-refractivity contribution in [3.63, 3.8) is 0 Å². The molecule has 0 aromatic carbocycles. The van der Waals surface area contributed by atoms with Gasteiger partial charge in [-0.3, -0.25) is 0 Å². The van der Waals surface area contributed by atoms with Crippen LogP contribution in [0.1, 0.15) is 17.4 Å². The van der Waals surface area contributed by atoms with Gasteiger partial charge in [-0.15, -0.1) is 0 Å². The highest BCUT2D eigenvalue weighted by molar-refractivity contribution is 5.33. The molecule has 2 aromatic rings. The number of imidazole rings is 1. The molecule has 5 heteroatoms. The zero-order chi connectivity index (χ0) is 12.3. The van der Waals surface area contributed by atoms with Crippen LogP contribution in [-0.4, -0.2) is 28.7 Å². The minimum absolute atomic E-state index is 0.0290. The summed E-state index contributed by atoms with van der Waals surface area (Å²) < 4.78 is 7.26. The van der Waals surface area contributed by atoms with E-state index in [1.54, 1.807) is 19.5 Å². The summed E-state index contributed by atoms with van der Waals surface area (Å²) in [6, 6.07) is 3.85. The van der Waals surface area contributed by atoms with Crippen molar-refractivity contribution in [3.05, 3.63) is 42.1 Å². The van der Waals surface area contributed by atoms with Crippen molar-refractivity contribution in [2.75, 3.05) is 14.2 Å². The van der Waals surface area contributed by atoms with Crippen molar-refractivity contribution in [2.45, 2.75) is 6.04 Å². The van der Waals surface area contributed by atoms with Crippen molar-refractivity contribution < 1.29 is 4.74 Å². The van der Waals surface area contributed by atoms with E-state index in [4.69, 9.17) is 4.74 Å². The van der Waals surface area contributed by atoms with Gasteiger partial charge in [0.1, 0.15) is 5.82 Å². The first-order valence-electron chi connectivity index (χ1n) is 5.41. The quantitative estimate of drug-likeness (QED) is 0.858. The largest absolute Gasteiger partial charge is 0.481 e. The highest BCUT2D eigenvalue weighted by Gasteiger charge is 2.20. The van der Waals surface area contributed by atoms with E-state index in [2.05, 4.69) is 15.3 Å². The van der Waals surface area contributed by atoms with Crippen LogP contribution in [0, 0.1) is 0 Å². The molecule has 0 bridgehead atoms. The van der Waals surface area contributed by atoms with Gasteiger partial charge < -0.3 is 14.6 Å². The van der Waals surface area contributed by atoms with Gasteiger partial charge in [0.25, 0.3) is 0 Å². The third kappa shape index (κ3) is 2.14. The van der Waals surface area contributed by atoms with Gasteiger partial charge in [-0.25, -0.2) is 9.97 Å². The minimum Gasteiger partial charge on any atom is -0.481 e. The van der Waals surface area contributed by atoms with E-state index in [1.807, 2.05) is 37.0 Å². The average molecular weight is 232 g/mol. The Kier molecular flexibility index (Phi) is 3.39. The predicted molar refractivity (Wildman–Crippen MR) is 64.9 cm³/mol. The average Bonchev–Trinajstić information content (AvgIpc) is 2.78. The summed E-state index contributed by atoms with van der Waals surface area (Å²) >= 11 is 0. The lowest BCUT2D eigenvalue weighted by Gasteiger charge is -2.18. The van der Waals surface area contributed by atoms with Crippen LogP contribution in [0.2, 0.25) is 0 Å². The number of pyridine rings is 1. The van der Waals surface area contributed by atoms with Crippen LogP contribution in [0.5, 0.6) is 5.88 Å². The predicted octanol–water partition coefficient (Wildman–Crippen LogP) is 1.13. The number of hydrogen-bond acceptors (Lipinski definition) is 4. The fourth-order valence-corrected chi connectivity index (χ4v) is 1.87. The normalized spacial score (nSPS) is 12.4. The zero-order valence-electron chi connectivity index (χ0n) is 10.2. The molecule has 0 aliphatic carbocycles. The maximum absolute atomic E-state index is 5.28. The lowest BCUT2D eigenvalue weighted by Crippen LogP contribution is -2.22. The fraction of sp³-hybridized carbons (Fsp3) is 0.333. The van der Waals surface area contributed by atoms with Crippen molar-refractivity contribution in [1.82, 2.24) is 19.9 Å². The summed E-state index contributed by atoms with van der Waals surface area (Å²) in [7, 11) is 5.48. The summed E-state index contributed by atoms with van der Waals surface area (Å²) in [5.74, 6) is 1.55. The highest BCUT2D eigenvalue weighted by Crippen LogP contribution is 2.26. The van der Waals surface area contributed by atoms with Crippen LogP contribution in [0.15, 0.2) is 30.7 Å². The number of rotatable bonds is 4. The molecule has 0 amide bonds. The topological polar surface area (TPSA) is 52.0 Å². The van der Waals surface area contributed by atoms with Gasteiger partial charge in [0.15, 0.2) is 0 Å². The molecule has 0 aliphatic rings. The SMILES string of the molecule is CNC(c1cccnc1OC)c1nccn1C. The fourth-order valence-electron chi connectivity index (χ4n) is 1.87. The van der Waals surface area contributed by atoms with Crippen LogP contribution in [-0.2, 0) is 7.05 Å². The van der Waals surface area contributed by atoms with E-state index in [0.717, 1.165) is 11.4 Å². The second-order valence-corrected chi connectivity index (χ2v) is 3.72. The van der Waals surface area contributed by atoms with E-state index in [9.17, 15) is 0 Å². The standard InChI is InChI=1S/C12H16N4O/c1-13-10(11-14-7-8-16(11)2)9-5-4-6-15-12(9)17-3/h4-8,10,13H,1-3H3. The van der Waals surface area contributed by atoms with Gasteiger partial charge >= 0.3 is 0 Å². The first kappa shape index (κ1) is 11.6. The molecule has 2 rings (SSSR count). The Balaban J connectivity index is 2.46. The molecule has 0 spiro atoms. The molecule has 90 valence electrons. The van der Waals surface area contributed by atoms with Crippen LogP contribution in [0.3, 0.4) is 0 Å². The maximum Gasteiger partial charge on any atom is 0.218 e. The van der Waals surface area contributed by atoms with Crippen molar-refractivity contribution >= 4 is 0 Å². The Morgan fingerprint density at radius 3 is 2.76 bits per heavy atom. The molecule has 0 fully saturated rings. The Bertz CT molecular complexity index is 495. The number of aryl methyl sites for hydroxylation is 1. The zero-order valence-corrected chi connectivity index (χ0v) is 10.2. The summed E-state index contributed by atoms with van der Waals surface area (Å²) in [5.41, 5.74) is 0.979. The number of nitrogens with zero attached hydrogens (tertiary/aromatic N) is 3. The van der Waals surface area contributed by atoms with E-state index in [1.165, 1.54) is 0 Å². The number of ether oxygens (including phenoxy) is 1. The number of nitrogens with one attached hydrogen (secondary N) is 1. The van der Waals surface area contributed by atoms with Crippen molar-refractivity contribution in [1.29, 1.82) is 0 Å². The third-order valence-electron chi connectivity index (χ3n) is 2.71. The van der Waals surface area contributed by atoms with Gasteiger partial charge in [-0.1, -0.05) is 6.07 Å². The Hall–Kier alpha value is -1.88. The van der Waals surface area contributed by atoms with Crippen LogP contribution >= 0.6 is 0 Å². The first-order chi connectivity index (χ1) is 8.27. The van der Waals surface area contributed by atoms with Gasteiger partial charge in [-0.2, -0.15) is 0 Å². The molecular weight excluding hydrogens is 216 g/mol. The molecule has 1 N–H and O–H groups in total. The van der Waals surface area contributed by atoms with Gasteiger partial charge in [0.05, 0.1) is 13.2 Å². The third-order valence-corrected chi connectivity index (χ3v) is 2.71. The Morgan fingerprint density at radius 1 is 1.35 bits per heavy atom. The molecule has 0 saturated carbocycles. The Morgan fingerprint density at radius 2 is 2.18 bits per heavy atom. The van der Waals surface area contributed by atoms with E-state index < -0.39 is 0 Å². The second kappa shape index (κ2) is 4.97. The van der Waals surface area contributed by atoms with Crippen molar-refractivity contribution in [3.8, 4) is 5.88 Å². The van der Waals surface area contributed by atoms with E-state index >= 15 is 0 Å². The van der Waals surface area contributed by atoms with Crippen LogP contribution in [0.4, 0.5) is 0 Å². The summed E-state index contributed by atoms with van der Waals surface area (Å²) in [4.78, 5) is 8.56. The van der Waals surface area contributed by atoms with Crippen LogP contribution < -0.4 is 10.1 Å². The smallest absolute Gasteiger partial charge is 0.218 e. The summed E-state index contributed by atoms with van der Waals surface area (Å²) in [5, 5.41) is 3.23. The molecule has 5 nitrogen and oxygen atoms in total. The molecule has 0 saturated heterocycles. The maximum atomic E-state index is 5.28. The van der Waals surface area contributed by atoms with Crippen LogP contribution in [0.25, 0.3) is 0 Å². The summed E-state index contributed by atoms with van der Waals surface area (Å²) in [6.07, 6.45) is 5.42. The molecule has 2 aromatic heterocycles. The molecule has 0 aliphatic heterocycles. The van der Waals surface area contributed by atoms with Gasteiger partial charge in [-0.05, 0) is 13.1 Å². The van der Waals surface area contributed by atoms with Crippen molar-refractivity contribution in [2.24, 2.45) is 7.05 Å². The molecular formula is C12H16N4O. The monoisotopic (exact) mass is 232 g/mol. The molecule has 1 atom stereocenters. The number of methoxy groups -OCH3 is 1. The Labute approximate surface area is 100 Å². The number of aromatic nitrogens is 3. The van der Waals surface area contributed by atoms with Gasteiger partial charge in [0.2, 0.25) is 5.88 Å². The summed E-state index contributed by atoms with van der Waals surface area (Å²) in [6.45, 7) is 0. The molecule has 17 heavy (non-hydrogen) atoms.